The molecular weight excluding hydrogens is 420 g/mol. The van der Waals surface area contributed by atoms with Gasteiger partial charge >= 0.3 is 0 Å². The van der Waals surface area contributed by atoms with Crippen molar-refractivity contribution in [3.63, 3.8) is 0 Å². The van der Waals surface area contributed by atoms with Crippen LogP contribution in [0.1, 0.15) is 5.89 Å². The molecule has 0 aliphatic carbocycles. The number of halogens is 1. The van der Waals surface area contributed by atoms with Crippen LogP contribution in [-0.4, -0.2) is 33.5 Å². The van der Waals surface area contributed by atoms with Crippen LogP contribution in [0.4, 0.5) is 0 Å². The van der Waals surface area contributed by atoms with E-state index in [4.69, 9.17) is 18.6 Å². The van der Waals surface area contributed by atoms with Crippen molar-refractivity contribution in [1.82, 2.24) is 19.7 Å². The Morgan fingerprint density at radius 1 is 1.15 bits per heavy atom. The summed E-state index contributed by atoms with van der Waals surface area (Å²) in [4.78, 5) is 4.70. The summed E-state index contributed by atoms with van der Waals surface area (Å²) in [6.07, 6.45) is 0. The number of methoxy groups -OCH3 is 1. The number of imidazole rings is 1. The molecule has 3 heterocycles. The lowest BCUT2D eigenvalue weighted by molar-refractivity contribution is 0.186. The molecule has 0 N–H and O–H groups in total. The average Bonchev–Trinajstić information content (AvgIpc) is 3.36. The standard InChI is InChI=1S/C17H15BrN4O3S/c1-23-9-8-22-12-5-3-2-4-11(12)19-17(22)26-10-15-20-21-16(25-15)13-6-7-14(18)24-13/h2-7H,8-10H2,1H3. The van der Waals surface area contributed by atoms with E-state index in [2.05, 4.69) is 36.8 Å². The van der Waals surface area contributed by atoms with Crippen LogP contribution in [0.15, 0.2) is 55.1 Å². The number of para-hydroxylation sites is 2. The maximum Gasteiger partial charge on any atom is 0.283 e. The van der Waals surface area contributed by atoms with Crippen LogP contribution in [0.25, 0.3) is 22.7 Å². The first-order valence-electron chi connectivity index (χ1n) is 7.89. The Kier molecular flexibility index (Phi) is 5.09. The highest BCUT2D eigenvalue weighted by molar-refractivity contribution is 9.10. The molecule has 7 nitrogen and oxygen atoms in total. The lowest BCUT2D eigenvalue weighted by Crippen LogP contribution is -2.05. The van der Waals surface area contributed by atoms with Gasteiger partial charge in [0, 0.05) is 13.7 Å². The molecule has 0 unspecified atom stereocenters. The predicted molar refractivity (Wildman–Crippen MR) is 101 cm³/mol. The third kappa shape index (κ3) is 3.55. The second-order valence-corrected chi connectivity index (χ2v) is 7.14. The SMILES string of the molecule is COCCn1c(SCc2nnc(-c3ccc(Br)o3)o2)nc2ccccc21. The maximum absolute atomic E-state index is 5.68. The summed E-state index contributed by atoms with van der Waals surface area (Å²) in [5, 5.41) is 9.02. The first kappa shape index (κ1) is 17.3. The number of ether oxygens (including phenoxy) is 1. The molecule has 3 aromatic heterocycles. The summed E-state index contributed by atoms with van der Waals surface area (Å²) in [5.41, 5.74) is 2.04. The van der Waals surface area contributed by atoms with Crippen LogP contribution in [-0.2, 0) is 17.0 Å². The molecule has 26 heavy (non-hydrogen) atoms. The minimum absolute atomic E-state index is 0.360. The fourth-order valence-electron chi connectivity index (χ4n) is 2.53. The van der Waals surface area contributed by atoms with Gasteiger partial charge in [-0.3, -0.25) is 0 Å². The number of benzene rings is 1. The van der Waals surface area contributed by atoms with Crippen molar-refractivity contribution in [2.45, 2.75) is 17.5 Å². The minimum atomic E-state index is 0.360. The lowest BCUT2D eigenvalue weighted by Gasteiger charge is -2.07. The van der Waals surface area contributed by atoms with Crippen LogP contribution < -0.4 is 0 Å². The van der Waals surface area contributed by atoms with Gasteiger partial charge in [0.2, 0.25) is 5.89 Å². The molecule has 0 aliphatic heterocycles. The number of thioether (sulfide) groups is 1. The number of hydrogen-bond donors (Lipinski definition) is 0. The molecule has 0 radical (unpaired) electrons. The van der Waals surface area contributed by atoms with Gasteiger partial charge in [-0.15, -0.1) is 10.2 Å². The number of nitrogens with zero attached hydrogens (tertiary/aromatic N) is 4. The molecule has 0 bridgehead atoms. The van der Waals surface area contributed by atoms with E-state index < -0.39 is 0 Å². The predicted octanol–water partition coefficient (Wildman–Crippen LogP) is 4.38. The van der Waals surface area contributed by atoms with Crippen molar-refractivity contribution in [3.8, 4) is 11.7 Å². The fourth-order valence-corrected chi connectivity index (χ4v) is 3.71. The molecule has 9 heteroatoms. The van der Waals surface area contributed by atoms with Gasteiger partial charge in [-0.05, 0) is 40.2 Å². The van der Waals surface area contributed by atoms with E-state index in [0.717, 1.165) is 22.7 Å². The van der Waals surface area contributed by atoms with E-state index in [1.165, 1.54) is 0 Å². The van der Waals surface area contributed by atoms with E-state index >= 15 is 0 Å². The van der Waals surface area contributed by atoms with Crippen molar-refractivity contribution in [3.05, 3.63) is 47.0 Å². The Bertz CT molecular complexity index is 1030. The Hall–Kier alpha value is -2.10. The molecule has 0 amide bonds. The molecule has 0 fully saturated rings. The smallest absolute Gasteiger partial charge is 0.283 e. The first-order chi connectivity index (χ1) is 12.7. The Labute approximate surface area is 161 Å². The van der Waals surface area contributed by atoms with Gasteiger partial charge in [-0.2, -0.15) is 0 Å². The minimum Gasteiger partial charge on any atom is -0.444 e. The molecule has 0 saturated heterocycles. The normalized spacial score (nSPS) is 11.5. The largest absolute Gasteiger partial charge is 0.444 e. The topological polar surface area (TPSA) is 79.1 Å². The van der Waals surface area contributed by atoms with Crippen LogP contribution in [0.5, 0.6) is 0 Å². The lowest BCUT2D eigenvalue weighted by atomic mass is 10.3. The Balaban J connectivity index is 1.53. The van der Waals surface area contributed by atoms with Gasteiger partial charge < -0.3 is 18.1 Å². The van der Waals surface area contributed by atoms with E-state index in [1.807, 2.05) is 18.2 Å². The number of aromatic nitrogens is 4. The molecule has 0 aliphatic rings. The fraction of sp³-hybridized carbons (Fsp3) is 0.235. The number of hydrogen-bond acceptors (Lipinski definition) is 7. The number of rotatable bonds is 7. The van der Waals surface area contributed by atoms with Crippen molar-refractivity contribution < 1.29 is 13.6 Å². The zero-order valence-electron chi connectivity index (χ0n) is 13.9. The summed E-state index contributed by atoms with van der Waals surface area (Å²) in [6, 6.07) is 11.6. The van der Waals surface area contributed by atoms with Gasteiger partial charge in [0.15, 0.2) is 15.6 Å². The van der Waals surface area contributed by atoms with Crippen molar-refractivity contribution in [2.75, 3.05) is 13.7 Å². The summed E-state index contributed by atoms with van der Waals surface area (Å²) < 4.78 is 19.1. The van der Waals surface area contributed by atoms with Crippen molar-refractivity contribution >= 4 is 38.7 Å². The summed E-state index contributed by atoms with van der Waals surface area (Å²) in [5.74, 6) is 1.93. The second-order valence-electron chi connectivity index (χ2n) is 5.42. The third-order valence-electron chi connectivity index (χ3n) is 3.71. The van der Waals surface area contributed by atoms with Crippen LogP contribution in [0.3, 0.4) is 0 Å². The van der Waals surface area contributed by atoms with Gasteiger partial charge in [-0.25, -0.2) is 4.98 Å². The number of furan rings is 1. The molecule has 0 atom stereocenters. The monoisotopic (exact) mass is 434 g/mol. The molecule has 1 aromatic carbocycles. The van der Waals surface area contributed by atoms with Gasteiger partial charge in [-0.1, -0.05) is 23.9 Å². The Morgan fingerprint density at radius 3 is 2.85 bits per heavy atom. The molecule has 0 spiro atoms. The van der Waals surface area contributed by atoms with Crippen molar-refractivity contribution in [1.29, 1.82) is 0 Å². The Morgan fingerprint density at radius 2 is 2.04 bits per heavy atom. The molecular formula is C17H15BrN4O3S. The van der Waals surface area contributed by atoms with Gasteiger partial charge in [0.05, 0.1) is 23.4 Å². The molecule has 4 rings (SSSR count). The summed E-state index contributed by atoms with van der Waals surface area (Å²) in [7, 11) is 1.69. The maximum atomic E-state index is 5.68. The second kappa shape index (κ2) is 7.65. The zero-order chi connectivity index (χ0) is 17.9. The number of fused-ring (bicyclic) bond motifs is 1. The highest BCUT2D eigenvalue weighted by Crippen LogP contribution is 2.28. The molecule has 4 aromatic rings. The van der Waals surface area contributed by atoms with Gasteiger partial charge in [0.25, 0.3) is 5.89 Å². The van der Waals surface area contributed by atoms with E-state index in [-0.39, 0.29) is 0 Å². The quantitative estimate of drug-likeness (QED) is 0.399. The van der Waals surface area contributed by atoms with Crippen molar-refractivity contribution in [2.24, 2.45) is 0 Å². The highest BCUT2D eigenvalue weighted by atomic mass is 79.9. The zero-order valence-corrected chi connectivity index (χ0v) is 16.3. The average molecular weight is 435 g/mol. The van der Waals surface area contributed by atoms with Crippen LogP contribution in [0, 0.1) is 0 Å². The van der Waals surface area contributed by atoms with Gasteiger partial charge in [0.1, 0.15) is 0 Å². The van der Waals surface area contributed by atoms with Crippen LogP contribution in [0.2, 0.25) is 0 Å². The summed E-state index contributed by atoms with van der Waals surface area (Å²) >= 11 is 4.81. The molecule has 0 saturated carbocycles. The van der Waals surface area contributed by atoms with E-state index in [0.29, 0.717) is 34.6 Å². The third-order valence-corrected chi connectivity index (χ3v) is 5.10. The van der Waals surface area contributed by atoms with E-state index in [1.54, 1.807) is 31.0 Å². The highest BCUT2D eigenvalue weighted by Gasteiger charge is 2.15. The van der Waals surface area contributed by atoms with Crippen LogP contribution >= 0.6 is 27.7 Å². The van der Waals surface area contributed by atoms with E-state index in [9.17, 15) is 0 Å². The summed E-state index contributed by atoms with van der Waals surface area (Å²) in [6.45, 7) is 1.35. The molecule has 134 valence electrons. The first-order valence-corrected chi connectivity index (χ1v) is 9.67.